The van der Waals surface area contributed by atoms with Gasteiger partial charge in [-0.2, -0.15) is 0 Å². The van der Waals surface area contributed by atoms with E-state index in [1.165, 1.54) is 37.9 Å². The molecule has 3 rings (SSSR count). The summed E-state index contributed by atoms with van der Waals surface area (Å²) < 4.78 is 11.0. The average molecular weight is 290 g/mol. The van der Waals surface area contributed by atoms with E-state index >= 15 is 0 Å². The molecule has 4 heteroatoms. The minimum Gasteiger partial charge on any atom is -0.493 e. The molecule has 4 nitrogen and oxygen atoms in total. The summed E-state index contributed by atoms with van der Waals surface area (Å²) in [5, 5.41) is 3.73. The molecule has 0 aliphatic carbocycles. The Balaban J connectivity index is 1.60. The minimum absolute atomic E-state index is 0.644. The quantitative estimate of drug-likeness (QED) is 0.872. The van der Waals surface area contributed by atoms with Crippen molar-refractivity contribution in [3.63, 3.8) is 0 Å². The summed E-state index contributed by atoms with van der Waals surface area (Å²) in [6, 6.07) is 7.62. The van der Waals surface area contributed by atoms with Crippen LogP contribution in [0.25, 0.3) is 0 Å². The van der Waals surface area contributed by atoms with Crippen molar-refractivity contribution in [2.24, 2.45) is 0 Å². The second-order valence-corrected chi connectivity index (χ2v) is 5.94. The molecule has 21 heavy (non-hydrogen) atoms. The van der Waals surface area contributed by atoms with E-state index in [0.717, 1.165) is 24.1 Å². The number of nitrogens with one attached hydrogen (secondary N) is 1. The molecule has 0 bridgehead atoms. The monoisotopic (exact) mass is 290 g/mol. The maximum absolute atomic E-state index is 5.57. The molecule has 2 atom stereocenters. The number of nitrogens with zero attached hydrogens (tertiary/aromatic N) is 1. The summed E-state index contributed by atoms with van der Waals surface area (Å²) in [4.78, 5) is 2.64. The highest BCUT2D eigenvalue weighted by atomic mass is 16.5. The highest BCUT2D eigenvalue weighted by Gasteiger charge is 2.36. The molecule has 0 amide bonds. The Hall–Kier alpha value is -1.26. The molecule has 0 aromatic heterocycles. The third-order valence-corrected chi connectivity index (χ3v) is 4.70. The number of hydrogen-bond acceptors (Lipinski definition) is 4. The Morgan fingerprint density at radius 2 is 2.14 bits per heavy atom. The highest BCUT2D eigenvalue weighted by molar-refractivity contribution is 5.42. The van der Waals surface area contributed by atoms with Crippen LogP contribution in [0.3, 0.4) is 0 Å². The summed E-state index contributed by atoms with van der Waals surface area (Å²) >= 11 is 0. The molecule has 2 saturated heterocycles. The van der Waals surface area contributed by atoms with Gasteiger partial charge in [0.1, 0.15) is 0 Å². The van der Waals surface area contributed by atoms with Crippen LogP contribution in [0.5, 0.6) is 11.5 Å². The van der Waals surface area contributed by atoms with E-state index in [1.54, 1.807) is 7.11 Å². The van der Waals surface area contributed by atoms with Gasteiger partial charge in [0, 0.05) is 25.2 Å². The largest absolute Gasteiger partial charge is 0.493 e. The van der Waals surface area contributed by atoms with E-state index in [9.17, 15) is 0 Å². The van der Waals surface area contributed by atoms with Crippen molar-refractivity contribution in [1.82, 2.24) is 10.2 Å². The molecule has 1 N–H and O–H groups in total. The van der Waals surface area contributed by atoms with E-state index in [1.807, 2.05) is 13.0 Å². The van der Waals surface area contributed by atoms with Gasteiger partial charge in [0.15, 0.2) is 11.5 Å². The molecular formula is C17H26N2O2. The normalized spacial score (nSPS) is 25.0. The van der Waals surface area contributed by atoms with Crippen molar-refractivity contribution in [2.45, 2.75) is 44.8 Å². The predicted octanol–water partition coefficient (Wildman–Crippen LogP) is 2.42. The molecule has 1 aromatic rings. The SMILES string of the molecule is CCOc1ccc(CNC2CCN3CCCC23)cc1OC. The lowest BCUT2D eigenvalue weighted by Gasteiger charge is -2.21. The lowest BCUT2D eigenvalue weighted by molar-refractivity contribution is 0.298. The first kappa shape index (κ1) is 14.7. The van der Waals surface area contributed by atoms with E-state index < -0.39 is 0 Å². The molecule has 2 fully saturated rings. The fourth-order valence-electron chi connectivity index (χ4n) is 3.67. The van der Waals surface area contributed by atoms with Crippen LogP contribution in [0.2, 0.25) is 0 Å². The molecule has 116 valence electrons. The second-order valence-electron chi connectivity index (χ2n) is 5.94. The van der Waals surface area contributed by atoms with Gasteiger partial charge in [-0.1, -0.05) is 6.07 Å². The summed E-state index contributed by atoms with van der Waals surface area (Å²) in [6.45, 7) is 6.10. The van der Waals surface area contributed by atoms with E-state index in [0.29, 0.717) is 12.6 Å². The molecule has 2 unspecified atom stereocenters. The van der Waals surface area contributed by atoms with Crippen LogP contribution in [0, 0.1) is 0 Å². The zero-order valence-corrected chi connectivity index (χ0v) is 13.1. The van der Waals surface area contributed by atoms with Gasteiger partial charge in [0.25, 0.3) is 0 Å². The fraction of sp³-hybridized carbons (Fsp3) is 0.647. The van der Waals surface area contributed by atoms with Crippen LogP contribution in [0.15, 0.2) is 18.2 Å². The summed E-state index contributed by atoms with van der Waals surface area (Å²) in [5.41, 5.74) is 1.26. The molecule has 0 saturated carbocycles. The van der Waals surface area contributed by atoms with Crippen LogP contribution >= 0.6 is 0 Å². The Kier molecular flexibility index (Phi) is 4.66. The number of fused-ring (bicyclic) bond motifs is 1. The molecule has 0 radical (unpaired) electrons. The Morgan fingerprint density at radius 1 is 1.24 bits per heavy atom. The Labute approximate surface area is 127 Å². The van der Waals surface area contributed by atoms with Gasteiger partial charge in [-0.25, -0.2) is 0 Å². The number of methoxy groups -OCH3 is 1. The third kappa shape index (κ3) is 3.16. The van der Waals surface area contributed by atoms with Crippen LogP contribution in [-0.2, 0) is 6.54 Å². The Morgan fingerprint density at radius 3 is 2.95 bits per heavy atom. The smallest absolute Gasteiger partial charge is 0.161 e. The van der Waals surface area contributed by atoms with Crippen LogP contribution in [-0.4, -0.2) is 43.8 Å². The summed E-state index contributed by atoms with van der Waals surface area (Å²) in [6.07, 6.45) is 3.99. The number of rotatable bonds is 6. The van der Waals surface area contributed by atoms with Gasteiger partial charge in [0.05, 0.1) is 13.7 Å². The standard InChI is InChI=1S/C17H26N2O2/c1-3-21-16-7-6-13(11-17(16)20-2)12-18-14-8-10-19-9-4-5-15(14)19/h6-7,11,14-15,18H,3-5,8-10,12H2,1-2H3. The zero-order valence-electron chi connectivity index (χ0n) is 13.1. The Bertz CT molecular complexity index is 478. The first-order valence-corrected chi connectivity index (χ1v) is 8.09. The van der Waals surface area contributed by atoms with Crippen LogP contribution in [0.4, 0.5) is 0 Å². The van der Waals surface area contributed by atoms with Crippen molar-refractivity contribution in [1.29, 1.82) is 0 Å². The zero-order chi connectivity index (χ0) is 14.7. The van der Waals surface area contributed by atoms with Gasteiger partial charge in [-0.05, 0) is 50.4 Å². The number of benzene rings is 1. The van der Waals surface area contributed by atoms with Crippen molar-refractivity contribution in [3.05, 3.63) is 23.8 Å². The van der Waals surface area contributed by atoms with E-state index in [4.69, 9.17) is 9.47 Å². The molecule has 2 aliphatic rings. The number of hydrogen-bond donors (Lipinski definition) is 1. The third-order valence-electron chi connectivity index (χ3n) is 4.70. The number of ether oxygens (including phenoxy) is 2. The van der Waals surface area contributed by atoms with Gasteiger partial charge < -0.3 is 14.8 Å². The molecule has 2 aliphatic heterocycles. The van der Waals surface area contributed by atoms with E-state index in [2.05, 4.69) is 22.3 Å². The molecule has 2 heterocycles. The lowest BCUT2D eigenvalue weighted by atomic mass is 10.1. The molecule has 1 aromatic carbocycles. The van der Waals surface area contributed by atoms with Crippen molar-refractivity contribution in [2.75, 3.05) is 26.8 Å². The van der Waals surface area contributed by atoms with Gasteiger partial charge in [-0.3, -0.25) is 4.90 Å². The molecule has 0 spiro atoms. The van der Waals surface area contributed by atoms with Gasteiger partial charge in [0.2, 0.25) is 0 Å². The summed E-state index contributed by atoms with van der Waals surface area (Å²) in [5.74, 6) is 1.65. The van der Waals surface area contributed by atoms with Crippen LogP contribution < -0.4 is 14.8 Å². The minimum atomic E-state index is 0.644. The maximum Gasteiger partial charge on any atom is 0.161 e. The van der Waals surface area contributed by atoms with Crippen molar-refractivity contribution < 1.29 is 9.47 Å². The highest BCUT2D eigenvalue weighted by Crippen LogP contribution is 2.30. The first-order chi connectivity index (χ1) is 10.3. The lowest BCUT2D eigenvalue weighted by Crippen LogP contribution is -2.38. The topological polar surface area (TPSA) is 33.7 Å². The van der Waals surface area contributed by atoms with Crippen molar-refractivity contribution >= 4 is 0 Å². The fourth-order valence-corrected chi connectivity index (χ4v) is 3.67. The predicted molar refractivity (Wildman–Crippen MR) is 84.0 cm³/mol. The van der Waals surface area contributed by atoms with Gasteiger partial charge >= 0.3 is 0 Å². The average Bonchev–Trinajstić information content (AvgIpc) is 3.10. The second kappa shape index (κ2) is 6.67. The van der Waals surface area contributed by atoms with Gasteiger partial charge in [-0.15, -0.1) is 0 Å². The first-order valence-electron chi connectivity index (χ1n) is 8.09. The van der Waals surface area contributed by atoms with E-state index in [-0.39, 0.29) is 0 Å². The summed E-state index contributed by atoms with van der Waals surface area (Å²) in [7, 11) is 1.70. The van der Waals surface area contributed by atoms with Crippen LogP contribution in [0.1, 0.15) is 31.7 Å². The van der Waals surface area contributed by atoms with Crippen molar-refractivity contribution in [3.8, 4) is 11.5 Å². The maximum atomic E-state index is 5.57. The molecular weight excluding hydrogens is 264 g/mol.